The Morgan fingerprint density at radius 3 is 2.95 bits per heavy atom. The van der Waals surface area contributed by atoms with Gasteiger partial charge in [-0.2, -0.15) is 5.10 Å². The molecular formula is C13H12N6O. The first-order chi connectivity index (χ1) is 9.65. The highest BCUT2D eigenvalue weighted by Gasteiger charge is 2.14. The lowest BCUT2D eigenvalue weighted by Gasteiger charge is -2.08. The van der Waals surface area contributed by atoms with Crippen molar-refractivity contribution in [3.63, 3.8) is 0 Å². The molecule has 0 bridgehead atoms. The molecule has 0 saturated carbocycles. The minimum atomic E-state index is -0.269. The van der Waals surface area contributed by atoms with E-state index in [4.69, 9.17) is 5.73 Å². The van der Waals surface area contributed by atoms with Crippen molar-refractivity contribution in [3.8, 4) is 0 Å². The third-order valence-corrected chi connectivity index (χ3v) is 2.87. The molecule has 100 valence electrons. The number of hydrogen-bond acceptors (Lipinski definition) is 5. The number of aromatic amines is 1. The number of nitrogens with one attached hydrogen (secondary N) is 2. The molecule has 7 heteroatoms. The number of para-hydroxylation sites is 1. The number of aromatic nitrogens is 4. The monoisotopic (exact) mass is 268 g/mol. The number of H-pyrrole nitrogens is 1. The second-order valence-electron chi connectivity index (χ2n) is 4.30. The molecule has 2 heterocycles. The van der Waals surface area contributed by atoms with Crippen LogP contribution in [0.5, 0.6) is 0 Å². The van der Waals surface area contributed by atoms with E-state index in [2.05, 4.69) is 25.5 Å². The second-order valence-corrected chi connectivity index (χ2v) is 4.30. The number of rotatable bonds is 2. The number of amides is 1. The molecule has 3 rings (SSSR count). The van der Waals surface area contributed by atoms with Crippen molar-refractivity contribution in [1.29, 1.82) is 0 Å². The van der Waals surface area contributed by atoms with E-state index in [1.807, 2.05) is 0 Å². The Morgan fingerprint density at radius 2 is 2.20 bits per heavy atom. The van der Waals surface area contributed by atoms with Gasteiger partial charge in [0.25, 0.3) is 5.91 Å². The summed E-state index contributed by atoms with van der Waals surface area (Å²) in [7, 11) is 0. The van der Waals surface area contributed by atoms with Gasteiger partial charge in [-0.1, -0.05) is 6.07 Å². The molecule has 1 aromatic carbocycles. The molecule has 2 aromatic heterocycles. The zero-order valence-corrected chi connectivity index (χ0v) is 10.7. The maximum Gasteiger partial charge on any atom is 0.257 e. The van der Waals surface area contributed by atoms with Crippen molar-refractivity contribution in [2.45, 2.75) is 6.92 Å². The number of anilines is 2. The molecule has 0 aliphatic heterocycles. The molecule has 0 aliphatic carbocycles. The first kappa shape index (κ1) is 12.1. The zero-order chi connectivity index (χ0) is 14.1. The zero-order valence-electron chi connectivity index (χ0n) is 10.7. The molecular weight excluding hydrogens is 256 g/mol. The van der Waals surface area contributed by atoms with Crippen LogP contribution in [0.2, 0.25) is 0 Å². The van der Waals surface area contributed by atoms with Crippen LogP contribution in [0.15, 0.2) is 30.6 Å². The first-order valence-electron chi connectivity index (χ1n) is 5.98. The molecule has 0 spiro atoms. The third kappa shape index (κ3) is 2.05. The highest BCUT2D eigenvalue weighted by Crippen LogP contribution is 2.22. The Labute approximate surface area is 114 Å². The van der Waals surface area contributed by atoms with Crippen molar-refractivity contribution in [2.75, 3.05) is 11.1 Å². The Bertz CT molecular complexity index is 781. The smallest absolute Gasteiger partial charge is 0.257 e. The van der Waals surface area contributed by atoms with Crippen LogP contribution in [-0.2, 0) is 0 Å². The summed E-state index contributed by atoms with van der Waals surface area (Å²) >= 11 is 0. The fraction of sp³-hybridized carbons (Fsp3) is 0.0769. The summed E-state index contributed by atoms with van der Waals surface area (Å²) in [4.78, 5) is 20.7. The van der Waals surface area contributed by atoms with E-state index in [1.54, 1.807) is 31.3 Å². The van der Waals surface area contributed by atoms with Gasteiger partial charge in [0, 0.05) is 11.6 Å². The van der Waals surface area contributed by atoms with E-state index in [0.29, 0.717) is 33.8 Å². The normalized spacial score (nSPS) is 10.7. The predicted octanol–water partition coefficient (Wildman–Crippen LogP) is 1.50. The minimum absolute atomic E-state index is 0.269. The Morgan fingerprint density at radius 1 is 1.35 bits per heavy atom. The highest BCUT2D eigenvalue weighted by atomic mass is 16.1. The number of carbonyl (C=O) groups excluding carboxylic acids is 1. The molecule has 0 aliphatic rings. The van der Waals surface area contributed by atoms with Gasteiger partial charge in [-0.25, -0.2) is 9.97 Å². The SMILES string of the molecule is Cc1nc(N)c2cccc(C(=O)Nc3cn[nH]c3)c2n1. The van der Waals surface area contributed by atoms with Gasteiger partial charge in [-0.3, -0.25) is 9.89 Å². The van der Waals surface area contributed by atoms with Gasteiger partial charge in [0.15, 0.2) is 0 Å². The van der Waals surface area contributed by atoms with Gasteiger partial charge in [0.05, 0.1) is 23.0 Å². The maximum atomic E-state index is 12.3. The Balaban J connectivity index is 2.09. The van der Waals surface area contributed by atoms with Crippen molar-refractivity contribution in [1.82, 2.24) is 20.2 Å². The molecule has 4 N–H and O–H groups in total. The molecule has 3 aromatic rings. The molecule has 0 unspecified atom stereocenters. The summed E-state index contributed by atoms with van der Waals surface area (Å²) in [5.41, 5.74) is 7.44. The van der Waals surface area contributed by atoms with Gasteiger partial charge in [-0.15, -0.1) is 0 Å². The maximum absolute atomic E-state index is 12.3. The van der Waals surface area contributed by atoms with E-state index < -0.39 is 0 Å². The second kappa shape index (κ2) is 4.61. The van der Waals surface area contributed by atoms with Gasteiger partial charge in [0.2, 0.25) is 0 Å². The van der Waals surface area contributed by atoms with E-state index in [9.17, 15) is 4.79 Å². The van der Waals surface area contributed by atoms with E-state index >= 15 is 0 Å². The number of nitrogens with two attached hydrogens (primary N) is 1. The summed E-state index contributed by atoms with van der Waals surface area (Å²) in [5, 5.41) is 9.80. The van der Waals surface area contributed by atoms with E-state index in [1.165, 1.54) is 6.20 Å². The lowest BCUT2D eigenvalue weighted by Crippen LogP contribution is -2.13. The van der Waals surface area contributed by atoms with Crippen LogP contribution in [0.1, 0.15) is 16.2 Å². The van der Waals surface area contributed by atoms with Gasteiger partial charge in [-0.05, 0) is 19.1 Å². The average Bonchev–Trinajstić information content (AvgIpc) is 2.90. The number of benzene rings is 1. The fourth-order valence-electron chi connectivity index (χ4n) is 1.99. The minimum Gasteiger partial charge on any atom is -0.383 e. The van der Waals surface area contributed by atoms with E-state index in [0.717, 1.165) is 0 Å². The van der Waals surface area contributed by atoms with Crippen LogP contribution in [0.25, 0.3) is 10.9 Å². The van der Waals surface area contributed by atoms with Crippen molar-refractivity contribution in [3.05, 3.63) is 42.0 Å². The number of nitrogen functional groups attached to an aromatic ring is 1. The van der Waals surface area contributed by atoms with Gasteiger partial charge < -0.3 is 11.1 Å². The number of hydrogen-bond donors (Lipinski definition) is 3. The Hall–Kier alpha value is -2.96. The summed E-state index contributed by atoms with van der Waals surface area (Å²) < 4.78 is 0. The molecule has 0 atom stereocenters. The molecule has 7 nitrogen and oxygen atoms in total. The lowest BCUT2D eigenvalue weighted by atomic mass is 10.1. The third-order valence-electron chi connectivity index (χ3n) is 2.87. The highest BCUT2D eigenvalue weighted by molar-refractivity contribution is 6.12. The number of fused-ring (bicyclic) bond motifs is 1. The van der Waals surface area contributed by atoms with E-state index in [-0.39, 0.29) is 5.91 Å². The molecule has 0 saturated heterocycles. The van der Waals surface area contributed by atoms with Crippen LogP contribution in [-0.4, -0.2) is 26.1 Å². The fourth-order valence-corrected chi connectivity index (χ4v) is 1.99. The van der Waals surface area contributed by atoms with Crippen molar-refractivity contribution in [2.24, 2.45) is 0 Å². The average molecular weight is 268 g/mol. The Kier molecular flexibility index (Phi) is 2.79. The number of carbonyl (C=O) groups is 1. The van der Waals surface area contributed by atoms with Gasteiger partial charge >= 0.3 is 0 Å². The quantitative estimate of drug-likeness (QED) is 0.652. The van der Waals surface area contributed by atoms with Crippen LogP contribution in [0.3, 0.4) is 0 Å². The van der Waals surface area contributed by atoms with Crippen molar-refractivity contribution < 1.29 is 4.79 Å². The number of aryl methyl sites for hydroxylation is 1. The van der Waals surface area contributed by atoms with Crippen LogP contribution >= 0.6 is 0 Å². The van der Waals surface area contributed by atoms with Crippen LogP contribution in [0.4, 0.5) is 11.5 Å². The van der Waals surface area contributed by atoms with Crippen molar-refractivity contribution >= 4 is 28.3 Å². The molecule has 0 fully saturated rings. The van der Waals surface area contributed by atoms with Gasteiger partial charge in [0.1, 0.15) is 11.6 Å². The molecule has 20 heavy (non-hydrogen) atoms. The summed E-state index contributed by atoms with van der Waals surface area (Å²) in [5.74, 6) is 0.624. The molecule has 1 amide bonds. The van der Waals surface area contributed by atoms with Crippen LogP contribution < -0.4 is 11.1 Å². The standard InChI is InChI=1S/C13H12N6O/c1-7-17-11-9(12(14)18-7)3-2-4-10(11)13(20)19-8-5-15-16-6-8/h2-6H,1H3,(H,15,16)(H,19,20)(H2,14,17,18). The number of nitrogens with zero attached hydrogens (tertiary/aromatic N) is 3. The largest absolute Gasteiger partial charge is 0.383 e. The first-order valence-corrected chi connectivity index (χ1v) is 5.98. The summed E-state index contributed by atoms with van der Waals surface area (Å²) in [6.45, 7) is 1.74. The lowest BCUT2D eigenvalue weighted by molar-refractivity contribution is 0.102. The molecule has 0 radical (unpaired) electrons. The summed E-state index contributed by atoms with van der Waals surface area (Å²) in [6.07, 6.45) is 3.12. The summed E-state index contributed by atoms with van der Waals surface area (Å²) in [6, 6.07) is 5.24. The topological polar surface area (TPSA) is 110 Å². The van der Waals surface area contributed by atoms with Crippen LogP contribution in [0, 0.1) is 6.92 Å². The predicted molar refractivity (Wildman–Crippen MR) is 75.2 cm³/mol.